The van der Waals surface area contributed by atoms with E-state index in [1.54, 1.807) is 6.33 Å². The van der Waals surface area contributed by atoms with Crippen molar-refractivity contribution in [1.82, 2.24) is 19.6 Å². The van der Waals surface area contributed by atoms with Crippen LogP contribution in [0.5, 0.6) is 0 Å². The van der Waals surface area contributed by atoms with Gasteiger partial charge >= 0.3 is 0 Å². The molecule has 0 fully saturated rings. The maximum absolute atomic E-state index is 3.96. The number of hydrogen-bond donors (Lipinski definition) is 1. The van der Waals surface area contributed by atoms with E-state index in [2.05, 4.69) is 15.2 Å². The Labute approximate surface area is 104 Å². The van der Waals surface area contributed by atoms with Crippen molar-refractivity contribution < 1.29 is 0 Å². The van der Waals surface area contributed by atoms with Gasteiger partial charge in [0.2, 0.25) is 0 Å². The largest absolute Gasteiger partial charge is 0.306 e. The van der Waals surface area contributed by atoms with Crippen LogP contribution < -0.4 is 0 Å². The number of pyridine rings is 1. The molecule has 4 heteroatoms. The number of rotatable bonds is 0. The van der Waals surface area contributed by atoms with Gasteiger partial charge in [-0.2, -0.15) is 5.10 Å². The lowest BCUT2D eigenvalue weighted by Crippen LogP contribution is -1.75. The monoisotopic (exact) mass is 236 g/mol. The van der Waals surface area contributed by atoms with E-state index in [0.29, 0.717) is 0 Å². The van der Waals surface area contributed by atoms with E-state index in [4.69, 9.17) is 0 Å². The smallest absolute Gasteiger partial charge is 0.0991 e. The van der Waals surface area contributed by atoms with Crippen LogP contribution in [0.3, 0.4) is 0 Å². The summed E-state index contributed by atoms with van der Waals surface area (Å²) < 4.78 is 1.97. The zero-order valence-corrected chi connectivity index (χ0v) is 9.69. The molecule has 4 rings (SSSR count). The average Bonchev–Trinajstić information content (AvgIpc) is 3.08. The van der Waals surface area contributed by atoms with Crippen molar-refractivity contribution in [3.8, 4) is 0 Å². The molecule has 18 heavy (non-hydrogen) atoms. The first-order valence-electron chi connectivity index (χ1n) is 5.68. The van der Waals surface area contributed by atoms with Gasteiger partial charge in [0.1, 0.15) is 0 Å². The van der Waals surface area contributed by atoms with Gasteiger partial charge in [0.05, 0.1) is 29.8 Å². The van der Waals surface area contributed by atoms with Gasteiger partial charge in [-0.15, -0.1) is 0 Å². The molecule has 0 saturated heterocycles. The second kappa shape index (κ2) is 4.71. The fraction of sp³-hybridized carbons (Fsp3) is 0. The zero-order chi connectivity index (χ0) is 12.2. The third-order valence-corrected chi connectivity index (χ3v) is 2.67. The SMILES string of the molecule is c1ccc2[nH]ncc2c1.c1ccn2cncc2c1. The van der Waals surface area contributed by atoms with E-state index in [1.807, 2.05) is 65.5 Å². The van der Waals surface area contributed by atoms with Crippen LogP contribution in [0.25, 0.3) is 16.4 Å². The van der Waals surface area contributed by atoms with E-state index in [-0.39, 0.29) is 0 Å². The number of benzene rings is 1. The molecule has 0 atom stereocenters. The highest BCUT2D eigenvalue weighted by atomic mass is 15.1. The first-order chi connectivity index (χ1) is 8.93. The highest BCUT2D eigenvalue weighted by Crippen LogP contribution is 2.07. The number of aromatic nitrogens is 4. The van der Waals surface area contributed by atoms with Crippen LogP contribution in [0.2, 0.25) is 0 Å². The fourth-order valence-electron chi connectivity index (χ4n) is 1.75. The number of nitrogens with one attached hydrogen (secondary N) is 1. The molecule has 88 valence electrons. The van der Waals surface area contributed by atoms with Crippen molar-refractivity contribution in [2.75, 3.05) is 0 Å². The summed E-state index contributed by atoms with van der Waals surface area (Å²) in [6.45, 7) is 0. The van der Waals surface area contributed by atoms with Gasteiger partial charge in [0.25, 0.3) is 0 Å². The van der Waals surface area contributed by atoms with E-state index in [0.717, 1.165) is 16.4 Å². The van der Waals surface area contributed by atoms with Gasteiger partial charge in [-0.05, 0) is 18.2 Å². The standard InChI is InChI=1S/2C7H6N2/c1-2-4-9-6-8-5-7(9)3-1;1-2-4-7-6(3-1)5-8-9-7/h1-6H;1-5H,(H,8,9). The van der Waals surface area contributed by atoms with Gasteiger partial charge in [-0.1, -0.05) is 24.3 Å². The minimum atomic E-state index is 1.09. The highest BCUT2D eigenvalue weighted by Gasteiger charge is 1.88. The van der Waals surface area contributed by atoms with Gasteiger partial charge in [-0.25, -0.2) is 4.98 Å². The van der Waals surface area contributed by atoms with Crippen molar-refractivity contribution in [3.05, 3.63) is 67.4 Å². The Morgan fingerprint density at radius 2 is 1.83 bits per heavy atom. The maximum Gasteiger partial charge on any atom is 0.0991 e. The first kappa shape index (κ1) is 10.5. The molecule has 1 N–H and O–H groups in total. The lowest BCUT2D eigenvalue weighted by molar-refractivity contribution is 1.12. The Balaban J connectivity index is 0.000000111. The van der Waals surface area contributed by atoms with Crippen molar-refractivity contribution in [2.24, 2.45) is 0 Å². The summed E-state index contributed by atoms with van der Waals surface area (Å²) in [5.41, 5.74) is 2.23. The molecular weight excluding hydrogens is 224 g/mol. The molecule has 0 spiro atoms. The molecule has 0 bridgehead atoms. The van der Waals surface area contributed by atoms with Crippen LogP contribution in [0.15, 0.2) is 67.4 Å². The van der Waals surface area contributed by atoms with Crippen LogP contribution in [0.4, 0.5) is 0 Å². The molecule has 0 aliphatic rings. The normalized spacial score (nSPS) is 10.2. The molecule has 0 saturated carbocycles. The summed E-state index contributed by atoms with van der Waals surface area (Å²) >= 11 is 0. The Bertz CT molecular complexity index is 628. The molecule has 0 radical (unpaired) electrons. The average molecular weight is 236 g/mol. The number of imidazole rings is 1. The Hall–Kier alpha value is -2.62. The van der Waals surface area contributed by atoms with Crippen LogP contribution in [0, 0.1) is 0 Å². The molecule has 3 aromatic heterocycles. The van der Waals surface area contributed by atoms with Crippen molar-refractivity contribution >= 4 is 16.4 Å². The topological polar surface area (TPSA) is 46.0 Å². The minimum absolute atomic E-state index is 1.09. The molecule has 0 amide bonds. The molecule has 1 aromatic carbocycles. The van der Waals surface area contributed by atoms with Crippen LogP contribution >= 0.6 is 0 Å². The molecule has 4 nitrogen and oxygen atoms in total. The van der Waals surface area contributed by atoms with Gasteiger partial charge in [0.15, 0.2) is 0 Å². The van der Waals surface area contributed by atoms with Crippen molar-refractivity contribution in [1.29, 1.82) is 0 Å². The molecule has 0 aliphatic carbocycles. The third-order valence-electron chi connectivity index (χ3n) is 2.67. The molecule has 4 aromatic rings. The van der Waals surface area contributed by atoms with Crippen LogP contribution in [-0.4, -0.2) is 19.6 Å². The van der Waals surface area contributed by atoms with E-state index in [9.17, 15) is 0 Å². The highest BCUT2D eigenvalue weighted by molar-refractivity contribution is 5.77. The van der Waals surface area contributed by atoms with E-state index < -0.39 is 0 Å². The molecule has 0 aliphatic heterocycles. The third kappa shape index (κ3) is 2.08. The molecule has 0 unspecified atom stereocenters. The number of hydrogen-bond acceptors (Lipinski definition) is 2. The summed E-state index contributed by atoms with van der Waals surface area (Å²) in [6.07, 6.45) is 7.41. The van der Waals surface area contributed by atoms with Crippen LogP contribution in [0.1, 0.15) is 0 Å². The summed E-state index contributed by atoms with van der Waals surface area (Å²) in [5.74, 6) is 0. The molecule has 3 heterocycles. The predicted octanol–water partition coefficient (Wildman–Crippen LogP) is 2.90. The number of para-hydroxylation sites is 1. The fourth-order valence-corrected chi connectivity index (χ4v) is 1.75. The Morgan fingerprint density at radius 1 is 0.944 bits per heavy atom. The number of nitrogens with zero attached hydrogens (tertiary/aromatic N) is 3. The maximum atomic E-state index is 3.96. The van der Waals surface area contributed by atoms with E-state index in [1.165, 1.54) is 0 Å². The quantitative estimate of drug-likeness (QED) is 0.510. The molecular formula is C14H12N4. The summed E-state index contributed by atoms with van der Waals surface area (Å²) in [6, 6.07) is 14.0. The number of fused-ring (bicyclic) bond motifs is 2. The van der Waals surface area contributed by atoms with E-state index >= 15 is 0 Å². The Morgan fingerprint density at radius 3 is 2.72 bits per heavy atom. The minimum Gasteiger partial charge on any atom is -0.306 e. The Kier molecular flexibility index (Phi) is 2.75. The van der Waals surface area contributed by atoms with Gasteiger partial charge in [0, 0.05) is 11.6 Å². The number of aromatic amines is 1. The number of H-pyrrole nitrogens is 1. The summed E-state index contributed by atoms with van der Waals surface area (Å²) in [7, 11) is 0. The van der Waals surface area contributed by atoms with Gasteiger partial charge < -0.3 is 4.40 Å². The van der Waals surface area contributed by atoms with Crippen molar-refractivity contribution in [3.63, 3.8) is 0 Å². The van der Waals surface area contributed by atoms with Crippen LogP contribution in [-0.2, 0) is 0 Å². The lowest BCUT2D eigenvalue weighted by atomic mass is 10.3. The second-order valence-electron chi connectivity index (χ2n) is 3.88. The summed E-state index contributed by atoms with van der Waals surface area (Å²) in [5, 5.41) is 7.91. The first-order valence-corrected chi connectivity index (χ1v) is 5.68. The van der Waals surface area contributed by atoms with Gasteiger partial charge in [-0.3, -0.25) is 5.10 Å². The predicted molar refractivity (Wildman–Crippen MR) is 71.3 cm³/mol. The second-order valence-corrected chi connectivity index (χ2v) is 3.88. The zero-order valence-electron chi connectivity index (χ0n) is 9.69. The summed E-state index contributed by atoms with van der Waals surface area (Å²) in [4.78, 5) is 3.96. The lowest BCUT2D eigenvalue weighted by Gasteiger charge is -1.86. The van der Waals surface area contributed by atoms with Crippen molar-refractivity contribution in [2.45, 2.75) is 0 Å².